The summed E-state index contributed by atoms with van der Waals surface area (Å²) in [6, 6.07) is 6.48. The van der Waals surface area contributed by atoms with Gasteiger partial charge in [-0.3, -0.25) is 4.68 Å². The van der Waals surface area contributed by atoms with Gasteiger partial charge < -0.3 is 0 Å². The van der Waals surface area contributed by atoms with E-state index in [1.165, 1.54) is 16.5 Å². The topological polar surface area (TPSA) is 17.8 Å². The summed E-state index contributed by atoms with van der Waals surface area (Å²) in [5.41, 5.74) is 3.67. The SMILES string of the molecule is CC.CCn1nc(C)c2ccc(C)cc21. The van der Waals surface area contributed by atoms with Gasteiger partial charge in [0.2, 0.25) is 0 Å². The maximum Gasteiger partial charge on any atom is 0.0687 e. The Labute approximate surface area is 91.9 Å². The third-order valence-electron chi connectivity index (χ3n) is 2.39. The van der Waals surface area contributed by atoms with Crippen molar-refractivity contribution in [1.82, 2.24) is 9.78 Å². The van der Waals surface area contributed by atoms with E-state index in [1.54, 1.807) is 0 Å². The van der Waals surface area contributed by atoms with Crippen LogP contribution in [-0.2, 0) is 6.54 Å². The minimum atomic E-state index is 0.938. The lowest BCUT2D eigenvalue weighted by atomic mass is 10.1. The van der Waals surface area contributed by atoms with Crippen LogP contribution >= 0.6 is 0 Å². The zero-order chi connectivity index (χ0) is 11.4. The maximum atomic E-state index is 4.47. The number of aromatic nitrogens is 2. The smallest absolute Gasteiger partial charge is 0.0687 e. The molecule has 82 valence electrons. The third-order valence-corrected chi connectivity index (χ3v) is 2.39. The van der Waals surface area contributed by atoms with E-state index in [0.717, 1.165) is 12.2 Å². The van der Waals surface area contributed by atoms with Crippen LogP contribution in [0, 0.1) is 13.8 Å². The summed E-state index contributed by atoms with van der Waals surface area (Å²) in [6.07, 6.45) is 0. The van der Waals surface area contributed by atoms with Gasteiger partial charge in [0.25, 0.3) is 0 Å². The van der Waals surface area contributed by atoms with E-state index in [-0.39, 0.29) is 0 Å². The standard InChI is InChI=1S/C11H14N2.C2H6/c1-4-13-11-7-8(2)5-6-10(11)9(3)12-13;1-2/h5-7H,4H2,1-3H3;1-2H3. The van der Waals surface area contributed by atoms with Crippen molar-refractivity contribution in [3.63, 3.8) is 0 Å². The van der Waals surface area contributed by atoms with E-state index >= 15 is 0 Å². The molecule has 15 heavy (non-hydrogen) atoms. The average molecular weight is 204 g/mol. The molecule has 0 bridgehead atoms. The minimum Gasteiger partial charge on any atom is -0.265 e. The zero-order valence-corrected chi connectivity index (χ0v) is 10.3. The number of hydrogen-bond donors (Lipinski definition) is 0. The molecule has 0 aliphatic heterocycles. The molecule has 0 radical (unpaired) electrons. The molecule has 1 aromatic heterocycles. The lowest BCUT2D eigenvalue weighted by Gasteiger charge is -1.98. The van der Waals surface area contributed by atoms with Crippen molar-refractivity contribution in [3.8, 4) is 0 Å². The molecule has 0 aliphatic rings. The van der Waals surface area contributed by atoms with E-state index in [2.05, 4.69) is 48.8 Å². The number of fused-ring (bicyclic) bond motifs is 1. The van der Waals surface area contributed by atoms with Crippen molar-refractivity contribution < 1.29 is 0 Å². The fourth-order valence-corrected chi connectivity index (χ4v) is 1.69. The molecule has 0 aliphatic carbocycles. The molecular formula is C13H20N2. The fourth-order valence-electron chi connectivity index (χ4n) is 1.69. The van der Waals surface area contributed by atoms with Crippen LogP contribution in [0.5, 0.6) is 0 Å². The molecule has 1 aromatic carbocycles. The summed E-state index contributed by atoms with van der Waals surface area (Å²) in [5, 5.41) is 5.74. The molecule has 0 saturated carbocycles. The first kappa shape index (κ1) is 11.8. The molecule has 0 N–H and O–H groups in total. The average Bonchev–Trinajstić information content (AvgIpc) is 2.58. The molecule has 0 unspecified atom stereocenters. The Balaban J connectivity index is 0.000000531. The van der Waals surface area contributed by atoms with E-state index in [9.17, 15) is 0 Å². The van der Waals surface area contributed by atoms with Gasteiger partial charge in [0.15, 0.2) is 0 Å². The molecule has 0 atom stereocenters. The Kier molecular flexibility index (Phi) is 3.89. The van der Waals surface area contributed by atoms with Gasteiger partial charge in [0.1, 0.15) is 0 Å². The minimum absolute atomic E-state index is 0.938. The highest BCUT2D eigenvalue weighted by Crippen LogP contribution is 2.18. The number of nitrogens with zero attached hydrogens (tertiary/aromatic N) is 2. The Morgan fingerprint density at radius 3 is 2.47 bits per heavy atom. The highest BCUT2D eigenvalue weighted by molar-refractivity contribution is 5.82. The third kappa shape index (κ3) is 2.20. The van der Waals surface area contributed by atoms with Crippen molar-refractivity contribution in [3.05, 3.63) is 29.5 Å². The predicted octanol–water partition coefficient (Wildman–Crippen LogP) is 3.70. The van der Waals surface area contributed by atoms with Crippen LogP contribution in [0.15, 0.2) is 18.2 Å². The van der Waals surface area contributed by atoms with Crippen LogP contribution < -0.4 is 0 Å². The second-order valence-electron chi connectivity index (χ2n) is 3.42. The lowest BCUT2D eigenvalue weighted by molar-refractivity contribution is 0.676. The lowest BCUT2D eigenvalue weighted by Crippen LogP contribution is -1.95. The van der Waals surface area contributed by atoms with Crippen molar-refractivity contribution in [2.75, 3.05) is 0 Å². The van der Waals surface area contributed by atoms with Gasteiger partial charge in [-0.1, -0.05) is 26.0 Å². The molecule has 0 saturated heterocycles. The second-order valence-corrected chi connectivity index (χ2v) is 3.42. The Bertz CT molecular complexity index is 441. The molecule has 2 rings (SSSR count). The van der Waals surface area contributed by atoms with Crippen molar-refractivity contribution in [2.24, 2.45) is 0 Å². The first-order valence-electron chi connectivity index (χ1n) is 5.66. The Morgan fingerprint density at radius 2 is 1.87 bits per heavy atom. The summed E-state index contributed by atoms with van der Waals surface area (Å²) in [4.78, 5) is 0. The van der Waals surface area contributed by atoms with Gasteiger partial charge >= 0.3 is 0 Å². The largest absolute Gasteiger partial charge is 0.265 e. The maximum absolute atomic E-state index is 4.47. The van der Waals surface area contributed by atoms with Crippen LogP contribution in [0.4, 0.5) is 0 Å². The molecule has 0 amide bonds. The van der Waals surface area contributed by atoms with E-state index < -0.39 is 0 Å². The molecule has 2 heteroatoms. The van der Waals surface area contributed by atoms with Crippen LogP contribution in [0.3, 0.4) is 0 Å². The summed E-state index contributed by atoms with van der Waals surface area (Å²) in [7, 11) is 0. The Morgan fingerprint density at radius 1 is 1.20 bits per heavy atom. The van der Waals surface area contributed by atoms with Gasteiger partial charge in [-0.2, -0.15) is 5.10 Å². The summed E-state index contributed by atoms with van der Waals surface area (Å²) in [5.74, 6) is 0. The highest BCUT2D eigenvalue weighted by atomic mass is 15.3. The monoisotopic (exact) mass is 204 g/mol. The van der Waals surface area contributed by atoms with Crippen LogP contribution in [0.2, 0.25) is 0 Å². The van der Waals surface area contributed by atoms with E-state index in [0.29, 0.717) is 0 Å². The molecule has 0 fully saturated rings. The van der Waals surface area contributed by atoms with Gasteiger partial charge in [-0.05, 0) is 32.4 Å². The number of benzene rings is 1. The normalized spacial score (nSPS) is 9.93. The quantitative estimate of drug-likeness (QED) is 0.692. The number of hydrogen-bond acceptors (Lipinski definition) is 1. The Hall–Kier alpha value is -1.31. The van der Waals surface area contributed by atoms with Crippen LogP contribution in [-0.4, -0.2) is 9.78 Å². The van der Waals surface area contributed by atoms with Gasteiger partial charge in [-0.15, -0.1) is 0 Å². The highest BCUT2D eigenvalue weighted by Gasteiger charge is 2.04. The molecule has 2 aromatic rings. The number of aryl methyl sites for hydroxylation is 3. The van der Waals surface area contributed by atoms with Gasteiger partial charge in [0.05, 0.1) is 11.2 Å². The second kappa shape index (κ2) is 4.96. The first-order valence-corrected chi connectivity index (χ1v) is 5.66. The van der Waals surface area contributed by atoms with Crippen LogP contribution in [0.1, 0.15) is 32.0 Å². The van der Waals surface area contributed by atoms with Crippen molar-refractivity contribution in [1.29, 1.82) is 0 Å². The number of rotatable bonds is 1. The summed E-state index contributed by atoms with van der Waals surface area (Å²) in [6.45, 7) is 11.2. The van der Waals surface area contributed by atoms with Crippen molar-refractivity contribution >= 4 is 10.9 Å². The first-order chi connectivity index (χ1) is 7.22. The van der Waals surface area contributed by atoms with E-state index in [4.69, 9.17) is 0 Å². The fraction of sp³-hybridized carbons (Fsp3) is 0.462. The van der Waals surface area contributed by atoms with Crippen LogP contribution in [0.25, 0.3) is 10.9 Å². The van der Waals surface area contributed by atoms with E-state index in [1.807, 2.05) is 13.8 Å². The van der Waals surface area contributed by atoms with Crippen molar-refractivity contribution in [2.45, 2.75) is 41.2 Å². The predicted molar refractivity (Wildman–Crippen MR) is 66.2 cm³/mol. The molecule has 1 heterocycles. The molecular weight excluding hydrogens is 184 g/mol. The molecule has 0 spiro atoms. The van der Waals surface area contributed by atoms with Gasteiger partial charge in [-0.25, -0.2) is 0 Å². The molecule has 2 nitrogen and oxygen atoms in total. The summed E-state index contributed by atoms with van der Waals surface area (Å²) < 4.78 is 2.05. The summed E-state index contributed by atoms with van der Waals surface area (Å²) >= 11 is 0. The zero-order valence-electron chi connectivity index (χ0n) is 10.3. The van der Waals surface area contributed by atoms with Gasteiger partial charge in [0, 0.05) is 11.9 Å².